The van der Waals surface area contributed by atoms with E-state index in [1.165, 1.54) is 12.8 Å². The second-order valence-corrected chi connectivity index (χ2v) is 2.70. The van der Waals surface area contributed by atoms with Crippen molar-refractivity contribution >= 4 is 0 Å². The lowest BCUT2D eigenvalue weighted by Gasteiger charge is -2.11. The van der Waals surface area contributed by atoms with Crippen LogP contribution in [0.5, 0.6) is 0 Å². The molecule has 1 aliphatic heterocycles. The van der Waals surface area contributed by atoms with E-state index in [1.807, 2.05) is 0 Å². The maximum Gasteiger partial charge on any atom is 0.0954 e. The van der Waals surface area contributed by atoms with Crippen molar-refractivity contribution in [1.82, 2.24) is 4.90 Å². The predicted molar refractivity (Wildman–Crippen MR) is 40.4 cm³/mol. The minimum absolute atomic E-state index is 0.682. The van der Waals surface area contributed by atoms with Gasteiger partial charge in [0.15, 0.2) is 0 Å². The van der Waals surface area contributed by atoms with E-state index >= 15 is 0 Å². The summed E-state index contributed by atoms with van der Waals surface area (Å²) >= 11 is 0. The Balaban J connectivity index is 2.25. The molecule has 1 aliphatic rings. The van der Waals surface area contributed by atoms with E-state index in [1.54, 1.807) is 0 Å². The number of hydrogen-bond donors (Lipinski definition) is 0. The molecule has 10 heavy (non-hydrogen) atoms. The minimum Gasteiger partial charge on any atom is -0.298 e. The number of nitrogens with zero attached hydrogens (tertiary/aromatic N) is 2. The molecule has 1 saturated heterocycles. The van der Waals surface area contributed by atoms with Gasteiger partial charge in [-0.05, 0) is 25.9 Å². The van der Waals surface area contributed by atoms with Crippen LogP contribution in [0.3, 0.4) is 0 Å². The molecule has 1 rings (SSSR count). The molecule has 1 fully saturated rings. The molecule has 0 unspecified atom stereocenters. The third kappa shape index (κ3) is 1.85. The first kappa shape index (κ1) is 7.30. The Kier molecular flexibility index (Phi) is 2.47. The fourth-order valence-electron chi connectivity index (χ4n) is 1.25. The van der Waals surface area contributed by atoms with Gasteiger partial charge in [0.05, 0.1) is 6.07 Å². The maximum absolute atomic E-state index is 8.42. The molecule has 0 amide bonds. The zero-order valence-corrected chi connectivity index (χ0v) is 6.14. The summed E-state index contributed by atoms with van der Waals surface area (Å²) in [5, 5.41) is 8.42. The highest BCUT2D eigenvalue weighted by molar-refractivity contribution is 5.17. The molecule has 0 N–H and O–H groups in total. The van der Waals surface area contributed by atoms with Crippen molar-refractivity contribution in [3.8, 4) is 6.07 Å². The van der Waals surface area contributed by atoms with Crippen LogP contribution in [0.15, 0.2) is 12.2 Å². The zero-order valence-electron chi connectivity index (χ0n) is 6.14. The first-order valence-corrected chi connectivity index (χ1v) is 3.63. The van der Waals surface area contributed by atoms with Gasteiger partial charge in [-0.1, -0.05) is 6.58 Å². The molecular weight excluding hydrogens is 124 g/mol. The van der Waals surface area contributed by atoms with E-state index in [0.29, 0.717) is 5.57 Å². The Morgan fingerprint density at radius 3 is 2.60 bits per heavy atom. The van der Waals surface area contributed by atoms with Gasteiger partial charge in [-0.3, -0.25) is 4.90 Å². The van der Waals surface area contributed by atoms with Crippen molar-refractivity contribution in [2.45, 2.75) is 12.8 Å². The normalized spacial score (nSPS) is 18.7. The molecule has 2 heteroatoms. The summed E-state index contributed by atoms with van der Waals surface area (Å²) in [7, 11) is 0. The smallest absolute Gasteiger partial charge is 0.0954 e. The minimum atomic E-state index is 0.682. The van der Waals surface area contributed by atoms with Crippen LogP contribution in [-0.4, -0.2) is 24.5 Å². The van der Waals surface area contributed by atoms with Gasteiger partial charge < -0.3 is 0 Å². The average molecular weight is 136 g/mol. The van der Waals surface area contributed by atoms with Gasteiger partial charge in [-0.25, -0.2) is 0 Å². The Morgan fingerprint density at radius 1 is 1.50 bits per heavy atom. The molecule has 1 heterocycles. The summed E-state index contributed by atoms with van der Waals surface area (Å²) in [6, 6.07) is 2.06. The number of likely N-dealkylation sites (tertiary alicyclic amines) is 1. The number of nitriles is 1. The van der Waals surface area contributed by atoms with Crippen molar-refractivity contribution in [2.75, 3.05) is 19.6 Å². The molecule has 54 valence electrons. The van der Waals surface area contributed by atoms with Gasteiger partial charge in [-0.15, -0.1) is 0 Å². The van der Waals surface area contributed by atoms with Crippen LogP contribution in [0.1, 0.15) is 12.8 Å². The molecule has 0 aromatic heterocycles. The molecule has 0 spiro atoms. The van der Waals surface area contributed by atoms with Crippen LogP contribution in [0.25, 0.3) is 0 Å². The van der Waals surface area contributed by atoms with Gasteiger partial charge >= 0.3 is 0 Å². The third-order valence-corrected chi connectivity index (χ3v) is 1.77. The molecule has 0 aromatic carbocycles. The lowest BCUT2D eigenvalue weighted by molar-refractivity contribution is 0.372. The van der Waals surface area contributed by atoms with Gasteiger partial charge in [-0.2, -0.15) is 5.26 Å². The molecule has 0 radical (unpaired) electrons. The summed E-state index contributed by atoms with van der Waals surface area (Å²) in [6.45, 7) is 6.69. The highest BCUT2D eigenvalue weighted by atomic mass is 15.1. The zero-order chi connectivity index (χ0) is 7.40. The van der Waals surface area contributed by atoms with Crippen LogP contribution >= 0.6 is 0 Å². The first-order chi connectivity index (χ1) is 4.83. The standard InChI is InChI=1S/C8H12N2/c1-8(6-9)7-10-4-2-3-5-10/h1-5,7H2. The fourth-order valence-corrected chi connectivity index (χ4v) is 1.25. The van der Waals surface area contributed by atoms with Gasteiger partial charge in [0.1, 0.15) is 0 Å². The topological polar surface area (TPSA) is 27.0 Å². The average Bonchev–Trinajstić information content (AvgIpc) is 2.40. The molecule has 0 saturated carbocycles. The molecule has 0 aromatic rings. The van der Waals surface area contributed by atoms with E-state index in [0.717, 1.165) is 19.6 Å². The largest absolute Gasteiger partial charge is 0.298 e. The Hall–Kier alpha value is -0.810. The fraction of sp³-hybridized carbons (Fsp3) is 0.625. The van der Waals surface area contributed by atoms with Crippen molar-refractivity contribution in [3.63, 3.8) is 0 Å². The Labute approximate surface area is 61.8 Å². The van der Waals surface area contributed by atoms with Crippen molar-refractivity contribution < 1.29 is 0 Å². The quantitative estimate of drug-likeness (QED) is 0.533. The molecule has 0 bridgehead atoms. The monoisotopic (exact) mass is 136 g/mol. The van der Waals surface area contributed by atoms with Crippen LogP contribution in [0, 0.1) is 11.3 Å². The van der Waals surface area contributed by atoms with E-state index in [4.69, 9.17) is 5.26 Å². The summed E-state index contributed by atoms with van der Waals surface area (Å²) in [5.74, 6) is 0. The lowest BCUT2D eigenvalue weighted by Crippen LogP contribution is -2.20. The van der Waals surface area contributed by atoms with E-state index in [-0.39, 0.29) is 0 Å². The summed E-state index contributed by atoms with van der Waals surface area (Å²) < 4.78 is 0. The molecule has 0 aliphatic carbocycles. The third-order valence-electron chi connectivity index (χ3n) is 1.77. The molecule has 2 nitrogen and oxygen atoms in total. The highest BCUT2D eigenvalue weighted by Gasteiger charge is 2.11. The van der Waals surface area contributed by atoms with Crippen LogP contribution in [0.2, 0.25) is 0 Å². The van der Waals surface area contributed by atoms with E-state index in [2.05, 4.69) is 17.5 Å². The Morgan fingerprint density at radius 2 is 2.10 bits per heavy atom. The summed E-state index contributed by atoms with van der Waals surface area (Å²) in [4.78, 5) is 2.27. The van der Waals surface area contributed by atoms with Crippen LogP contribution < -0.4 is 0 Å². The van der Waals surface area contributed by atoms with E-state index in [9.17, 15) is 0 Å². The van der Waals surface area contributed by atoms with Crippen molar-refractivity contribution in [2.24, 2.45) is 0 Å². The predicted octanol–water partition coefficient (Wildman–Crippen LogP) is 1.16. The number of hydrogen-bond acceptors (Lipinski definition) is 2. The van der Waals surface area contributed by atoms with E-state index < -0.39 is 0 Å². The first-order valence-electron chi connectivity index (χ1n) is 3.63. The maximum atomic E-state index is 8.42. The highest BCUT2D eigenvalue weighted by Crippen LogP contribution is 2.08. The number of rotatable bonds is 2. The second-order valence-electron chi connectivity index (χ2n) is 2.70. The molecule has 0 atom stereocenters. The molecular formula is C8H12N2. The van der Waals surface area contributed by atoms with Gasteiger partial charge in [0.2, 0.25) is 0 Å². The summed E-state index contributed by atoms with van der Waals surface area (Å²) in [5.41, 5.74) is 0.682. The summed E-state index contributed by atoms with van der Waals surface area (Å²) in [6.07, 6.45) is 2.55. The SMILES string of the molecule is C=C(C#N)CN1CCCC1. The van der Waals surface area contributed by atoms with Gasteiger partial charge in [0, 0.05) is 12.1 Å². The van der Waals surface area contributed by atoms with Crippen molar-refractivity contribution in [3.05, 3.63) is 12.2 Å². The van der Waals surface area contributed by atoms with Crippen molar-refractivity contribution in [1.29, 1.82) is 5.26 Å². The lowest BCUT2D eigenvalue weighted by atomic mass is 10.3. The second kappa shape index (κ2) is 3.38. The van der Waals surface area contributed by atoms with Crippen LogP contribution in [0.4, 0.5) is 0 Å². The van der Waals surface area contributed by atoms with Gasteiger partial charge in [0.25, 0.3) is 0 Å². The Bertz CT molecular complexity index is 161. The van der Waals surface area contributed by atoms with Crippen LogP contribution in [-0.2, 0) is 0 Å².